The first-order valence-electron chi connectivity index (χ1n) is 5.11. The third kappa shape index (κ3) is 3.22. The Morgan fingerprint density at radius 2 is 1.82 bits per heavy atom. The smallest absolute Gasteiger partial charge is 0.123 e. The van der Waals surface area contributed by atoms with Gasteiger partial charge in [-0.15, -0.1) is 0 Å². The molecule has 0 fully saturated rings. The van der Waals surface area contributed by atoms with E-state index >= 15 is 0 Å². The summed E-state index contributed by atoms with van der Waals surface area (Å²) in [7, 11) is 0. The zero-order valence-corrected chi connectivity index (χ0v) is 10.6. The highest BCUT2D eigenvalue weighted by Crippen LogP contribution is 2.31. The van der Waals surface area contributed by atoms with E-state index in [2.05, 4.69) is 0 Å². The fourth-order valence-electron chi connectivity index (χ4n) is 1.44. The molecule has 0 saturated carbocycles. The Kier molecular flexibility index (Phi) is 4.05. The minimum Gasteiger partial charge on any atom is -0.326 e. The Labute approximate surface area is 109 Å². The van der Waals surface area contributed by atoms with Crippen LogP contribution in [0.5, 0.6) is 0 Å². The van der Waals surface area contributed by atoms with Gasteiger partial charge in [-0.3, -0.25) is 0 Å². The standard InChI is InChI=1S/C13H11ClFNS/c14-10-1-4-12(5-2-10)17-13-6-3-11(15)7-9(13)8-16/h1-7H,8,16H2. The third-order valence-electron chi connectivity index (χ3n) is 2.28. The number of benzene rings is 2. The highest BCUT2D eigenvalue weighted by molar-refractivity contribution is 7.99. The van der Waals surface area contributed by atoms with Crippen LogP contribution in [0.25, 0.3) is 0 Å². The molecule has 0 aromatic heterocycles. The first kappa shape index (κ1) is 12.4. The van der Waals surface area contributed by atoms with Gasteiger partial charge in [0.15, 0.2) is 0 Å². The fourth-order valence-corrected chi connectivity index (χ4v) is 2.50. The average Bonchev–Trinajstić information content (AvgIpc) is 2.34. The van der Waals surface area contributed by atoms with Crippen molar-refractivity contribution in [2.24, 2.45) is 5.73 Å². The van der Waals surface area contributed by atoms with Gasteiger partial charge in [0.2, 0.25) is 0 Å². The summed E-state index contributed by atoms with van der Waals surface area (Å²) in [6.07, 6.45) is 0. The molecule has 0 amide bonds. The topological polar surface area (TPSA) is 26.0 Å². The number of halogens is 2. The van der Waals surface area contributed by atoms with E-state index in [-0.39, 0.29) is 5.82 Å². The maximum atomic E-state index is 13.0. The summed E-state index contributed by atoms with van der Waals surface area (Å²) >= 11 is 7.37. The quantitative estimate of drug-likeness (QED) is 0.906. The average molecular weight is 268 g/mol. The first-order valence-corrected chi connectivity index (χ1v) is 6.30. The first-order chi connectivity index (χ1) is 8.19. The summed E-state index contributed by atoms with van der Waals surface area (Å²) in [6.45, 7) is 0.327. The van der Waals surface area contributed by atoms with Crippen LogP contribution in [0, 0.1) is 5.82 Å². The zero-order valence-electron chi connectivity index (χ0n) is 8.99. The SMILES string of the molecule is NCc1cc(F)ccc1Sc1ccc(Cl)cc1. The lowest BCUT2D eigenvalue weighted by Crippen LogP contribution is -1.98. The van der Waals surface area contributed by atoms with Crippen LogP contribution in [0.4, 0.5) is 4.39 Å². The van der Waals surface area contributed by atoms with Crippen molar-refractivity contribution in [3.05, 3.63) is 58.9 Å². The fraction of sp³-hybridized carbons (Fsp3) is 0.0769. The Morgan fingerprint density at radius 3 is 2.47 bits per heavy atom. The van der Waals surface area contributed by atoms with Crippen molar-refractivity contribution >= 4 is 23.4 Å². The van der Waals surface area contributed by atoms with Gasteiger partial charge in [-0.2, -0.15) is 0 Å². The monoisotopic (exact) mass is 267 g/mol. The van der Waals surface area contributed by atoms with Crippen LogP contribution in [0.3, 0.4) is 0 Å². The molecular weight excluding hydrogens is 257 g/mol. The van der Waals surface area contributed by atoms with E-state index in [1.165, 1.54) is 12.1 Å². The highest BCUT2D eigenvalue weighted by Gasteiger charge is 2.04. The second-order valence-corrected chi connectivity index (χ2v) is 5.06. The van der Waals surface area contributed by atoms with Crippen LogP contribution in [-0.2, 0) is 6.54 Å². The van der Waals surface area contributed by atoms with Gasteiger partial charge in [0.25, 0.3) is 0 Å². The van der Waals surface area contributed by atoms with Gasteiger partial charge >= 0.3 is 0 Å². The summed E-state index contributed by atoms with van der Waals surface area (Å²) in [5.41, 5.74) is 6.41. The van der Waals surface area contributed by atoms with E-state index in [0.717, 1.165) is 15.4 Å². The van der Waals surface area contributed by atoms with Crippen molar-refractivity contribution < 1.29 is 4.39 Å². The molecule has 2 aromatic carbocycles. The van der Waals surface area contributed by atoms with Crippen molar-refractivity contribution in [1.29, 1.82) is 0 Å². The van der Waals surface area contributed by atoms with Gasteiger partial charge in [-0.05, 0) is 48.0 Å². The van der Waals surface area contributed by atoms with Gasteiger partial charge < -0.3 is 5.73 Å². The van der Waals surface area contributed by atoms with Crippen LogP contribution in [0.2, 0.25) is 5.02 Å². The summed E-state index contributed by atoms with van der Waals surface area (Å²) in [5, 5.41) is 0.701. The summed E-state index contributed by atoms with van der Waals surface area (Å²) in [4.78, 5) is 2.02. The number of hydrogen-bond donors (Lipinski definition) is 1. The molecule has 2 rings (SSSR count). The summed E-state index contributed by atoms with van der Waals surface area (Å²) < 4.78 is 13.0. The lowest BCUT2D eigenvalue weighted by atomic mass is 10.2. The number of hydrogen-bond acceptors (Lipinski definition) is 2. The van der Waals surface area contributed by atoms with E-state index in [0.29, 0.717) is 11.6 Å². The second-order valence-electron chi connectivity index (χ2n) is 3.51. The molecule has 0 aliphatic heterocycles. The Balaban J connectivity index is 2.26. The minimum absolute atomic E-state index is 0.258. The maximum Gasteiger partial charge on any atom is 0.123 e. The van der Waals surface area contributed by atoms with Gasteiger partial charge in [0.1, 0.15) is 5.82 Å². The molecule has 0 atom stereocenters. The lowest BCUT2D eigenvalue weighted by molar-refractivity contribution is 0.623. The normalized spacial score (nSPS) is 10.5. The predicted octanol–water partition coefficient (Wildman–Crippen LogP) is 4.09. The van der Waals surface area contributed by atoms with E-state index in [1.807, 2.05) is 24.3 Å². The molecule has 0 aliphatic carbocycles. The van der Waals surface area contributed by atoms with Crippen LogP contribution in [0.1, 0.15) is 5.56 Å². The molecule has 0 unspecified atom stereocenters. The molecule has 0 spiro atoms. The van der Waals surface area contributed by atoms with E-state index < -0.39 is 0 Å². The molecule has 4 heteroatoms. The highest BCUT2D eigenvalue weighted by atomic mass is 35.5. The second kappa shape index (κ2) is 5.54. The van der Waals surface area contributed by atoms with Gasteiger partial charge in [-0.1, -0.05) is 23.4 Å². The molecule has 1 nitrogen and oxygen atoms in total. The van der Waals surface area contributed by atoms with Crippen LogP contribution in [-0.4, -0.2) is 0 Å². The lowest BCUT2D eigenvalue weighted by Gasteiger charge is -2.07. The molecular formula is C13H11ClFNS. The van der Waals surface area contributed by atoms with Crippen LogP contribution < -0.4 is 5.73 Å². The third-order valence-corrected chi connectivity index (χ3v) is 3.66. The molecule has 2 N–H and O–H groups in total. The Bertz CT molecular complexity index is 513. The molecule has 0 bridgehead atoms. The number of rotatable bonds is 3. The van der Waals surface area contributed by atoms with Crippen LogP contribution in [0.15, 0.2) is 52.3 Å². The van der Waals surface area contributed by atoms with Crippen molar-refractivity contribution in [3.8, 4) is 0 Å². The van der Waals surface area contributed by atoms with Gasteiger partial charge in [0.05, 0.1) is 0 Å². The largest absolute Gasteiger partial charge is 0.326 e. The summed E-state index contributed by atoms with van der Waals surface area (Å²) in [6, 6.07) is 12.2. The Hall–Kier alpha value is -1.03. The molecule has 0 heterocycles. The van der Waals surface area contributed by atoms with Gasteiger partial charge in [-0.25, -0.2) is 4.39 Å². The Morgan fingerprint density at radius 1 is 1.12 bits per heavy atom. The van der Waals surface area contributed by atoms with E-state index in [1.54, 1.807) is 17.8 Å². The molecule has 88 valence electrons. The van der Waals surface area contributed by atoms with E-state index in [4.69, 9.17) is 17.3 Å². The van der Waals surface area contributed by atoms with Crippen molar-refractivity contribution in [3.63, 3.8) is 0 Å². The van der Waals surface area contributed by atoms with Crippen molar-refractivity contribution in [1.82, 2.24) is 0 Å². The van der Waals surface area contributed by atoms with Crippen molar-refractivity contribution in [2.45, 2.75) is 16.3 Å². The zero-order chi connectivity index (χ0) is 12.3. The number of nitrogens with two attached hydrogens (primary N) is 1. The maximum absolute atomic E-state index is 13.0. The van der Waals surface area contributed by atoms with E-state index in [9.17, 15) is 4.39 Å². The molecule has 2 aromatic rings. The predicted molar refractivity (Wildman–Crippen MR) is 69.9 cm³/mol. The molecule has 0 aliphatic rings. The van der Waals surface area contributed by atoms with Crippen molar-refractivity contribution in [2.75, 3.05) is 0 Å². The van der Waals surface area contributed by atoms with Gasteiger partial charge in [0, 0.05) is 21.4 Å². The molecule has 0 radical (unpaired) electrons. The molecule has 17 heavy (non-hydrogen) atoms. The van der Waals surface area contributed by atoms with Crippen LogP contribution >= 0.6 is 23.4 Å². The summed E-state index contributed by atoms with van der Waals surface area (Å²) in [5.74, 6) is -0.258. The molecule has 0 saturated heterocycles. The minimum atomic E-state index is -0.258.